The molecular formula is C25H35NO2S. The van der Waals surface area contributed by atoms with Crippen LogP contribution in [0.5, 0.6) is 0 Å². The zero-order valence-corrected chi connectivity index (χ0v) is 19.5. The van der Waals surface area contributed by atoms with Crippen molar-refractivity contribution in [3.8, 4) is 0 Å². The van der Waals surface area contributed by atoms with Crippen LogP contribution in [0.15, 0.2) is 47.4 Å². The van der Waals surface area contributed by atoms with Crippen LogP contribution in [0, 0.1) is 0 Å². The summed E-state index contributed by atoms with van der Waals surface area (Å²) >= 11 is 0. The summed E-state index contributed by atoms with van der Waals surface area (Å²) in [4.78, 5) is 0.556. The van der Waals surface area contributed by atoms with Crippen molar-refractivity contribution in [2.45, 2.75) is 76.5 Å². The Kier molecular flexibility index (Phi) is 6.54. The van der Waals surface area contributed by atoms with Crippen LogP contribution in [0.25, 0.3) is 0 Å². The Bertz CT molecular complexity index is 917. The maximum Gasteiger partial charge on any atom is 0.243 e. The van der Waals surface area contributed by atoms with E-state index in [-0.39, 0.29) is 17.8 Å². The van der Waals surface area contributed by atoms with Crippen molar-refractivity contribution in [1.82, 2.24) is 4.31 Å². The van der Waals surface area contributed by atoms with Gasteiger partial charge in [-0.15, -0.1) is 0 Å². The molecule has 1 aliphatic heterocycles. The summed E-state index contributed by atoms with van der Waals surface area (Å²) in [5, 5.41) is 0. The molecule has 1 unspecified atom stereocenters. The quantitative estimate of drug-likeness (QED) is 0.562. The third-order valence-electron chi connectivity index (χ3n) is 6.10. The summed E-state index contributed by atoms with van der Waals surface area (Å²) in [5.74, 6) is 0.953. The van der Waals surface area contributed by atoms with E-state index in [0.717, 1.165) is 17.5 Å². The number of rotatable bonds is 6. The van der Waals surface area contributed by atoms with Gasteiger partial charge >= 0.3 is 0 Å². The molecule has 1 fully saturated rings. The second-order valence-electron chi connectivity index (χ2n) is 9.25. The van der Waals surface area contributed by atoms with E-state index >= 15 is 0 Å². The lowest BCUT2D eigenvalue weighted by Gasteiger charge is -2.26. The summed E-state index contributed by atoms with van der Waals surface area (Å²) < 4.78 is 29.5. The molecule has 0 amide bonds. The molecule has 0 N–H and O–H groups in total. The van der Waals surface area contributed by atoms with E-state index in [1.807, 2.05) is 18.2 Å². The first-order chi connectivity index (χ1) is 13.6. The summed E-state index contributed by atoms with van der Waals surface area (Å²) in [6.07, 6.45) is 0.876. The van der Waals surface area contributed by atoms with Gasteiger partial charge in [-0.25, -0.2) is 8.42 Å². The van der Waals surface area contributed by atoms with Gasteiger partial charge in [0.15, 0.2) is 0 Å². The molecule has 1 saturated heterocycles. The SMILES string of the molecule is CC(C)c1cc(C(C)C)c(S(=O)(=O)N2CCC(c3ccccc3)C2)c(C(C)C)c1. The predicted octanol–water partition coefficient (Wildman–Crippen LogP) is 6.24. The summed E-state index contributed by atoms with van der Waals surface area (Å²) in [6, 6.07) is 14.5. The smallest absolute Gasteiger partial charge is 0.207 e. The maximum absolute atomic E-state index is 13.9. The van der Waals surface area contributed by atoms with Crippen LogP contribution >= 0.6 is 0 Å². The molecule has 29 heavy (non-hydrogen) atoms. The van der Waals surface area contributed by atoms with Gasteiger partial charge in [-0.3, -0.25) is 0 Å². The van der Waals surface area contributed by atoms with E-state index in [1.165, 1.54) is 11.1 Å². The average molecular weight is 414 g/mol. The van der Waals surface area contributed by atoms with Crippen LogP contribution in [0.1, 0.15) is 93.9 Å². The van der Waals surface area contributed by atoms with Gasteiger partial charge in [-0.2, -0.15) is 4.31 Å². The lowest BCUT2D eigenvalue weighted by molar-refractivity contribution is 0.470. The van der Waals surface area contributed by atoms with Crippen LogP contribution < -0.4 is 0 Å². The van der Waals surface area contributed by atoms with Crippen molar-refractivity contribution in [2.24, 2.45) is 0 Å². The molecule has 0 bridgehead atoms. The number of benzene rings is 2. The molecule has 158 valence electrons. The molecule has 0 spiro atoms. The zero-order chi connectivity index (χ0) is 21.3. The predicted molar refractivity (Wildman–Crippen MR) is 121 cm³/mol. The van der Waals surface area contributed by atoms with Crippen molar-refractivity contribution < 1.29 is 8.42 Å². The highest BCUT2D eigenvalue weighted by Gasteiger charge is 2.36. The van der Waals surface area contributed by atoms with Gasteiger partial charge in [0, 0.05) is 13.1 Å². The van der Waals surface area contributed by atoms with Crippen LogP contribution in [0.4, 0.5) is 0 Å². The second-order valence-corrected chi connectivity index (χ2v) is 11.1. The number of sulfonamides is 1. The first-order valence-corrected chi connectivity index (χ1v) is 12.3. The highest BCUT2D eigenvalue weighted by Crippen LogP contribution is 2.39. The van der Waals surface area contributed by atoms with Crippen LogP contribution in [0.3, 0.4) is 0 Å². The standard InChI is InChI=1S/C25H35NO2S/c1-17(2)22-14-23(18(3)4)25(24(15-22)19(5)6)29(27,28)26-13-12-21(16-26)20-10-8-7-9-11-20/h7-11,14-15,17-19,21H,12-13,16H2,1-6H3. The van der Waals surface area contributed by atoms with E-state index in [2.05, 4.69) is 65.8 Å². The Morgan fingerprint density at radius 2 is 1.41 bits per heavy atom. The largest absolute Gasteiger partial charge is 0.243 e. The highest BCUT2D eigenvalue weighted by atomic mass is 32.2. The molecule has 2 aromatic carbocycles. The molecule has 1 aliphatic rings. The lowest BCUT2D eigenvalue weighted by Crippen LogP contribution is -2.31. The lowest BCUT2D eigenvalue weighted by atomic mass is 9.89. The third kappa shape index (κ3) is 4.44. The van der Waals surface area contributed by atoms with Crippen molar-refractivity contribution in [3.05, 3.63) is 64.7 Å². The first-order valence-electron chi connectivity index (χ1n) is 10.9. The molecule has 1 atom stereocenters. The van der Waals surface area contributed by atoms with Gasteiger partial charge in [0.05, 0.1) is 4.90 Å². The second kappa shape index (κ2) is 8.61. The summed E-state index contributed by atoms with van der Waals surface area (Å²) in [5.41, 5.74) is 4.37. The van der Waals surface area contributed by atoms with Crippen molar-refractivity contribution in [3.63, 3.8) is 0 Å². The molecule has 0 aromatic heterocycles. The normalized spacial score (nSPS) is 18.3. The number of hydrogen-bond donors (Lipinski definition) is 0. The van der Waals surface area contributed by atoms with E-state index in [4.69, 9.17) is 0 Å². The number of nitrogens with zero attached hydrogens (tertiary/aromatic N) is 1. The fraction of sp³-hybridized carbons (Fsp3) is 0.520. The fourth-order valence-corrected chi connectivity index (χ4v) is 6.43. The Morgan fingerprint density at radius 3 is 1.90 bits per heavy atom. The van der Waals surface area contributed by atoms with Crippen molar-refractivity contribution in [1.29, 1.82) is 0 Å². The molecule has 0 aliphatic carbocycles. The fourth-order valence-electron chi connectivity index (χ4n) is 4.26. The van der Waals surface area contributed by atoms with E-state index in [9.17, 15) is 8.42 Å². The highest BCUT2D eigenvalue weighted by molar-refractivity contribution is 7.89. The van der Waals surface area contributed by atoms with Gasteiger partial charge in [0.25, 0.3) is 0 Å². The Morgan fingerprint density at radius 1 is 0.862 bits per heavy atom. The van der Waals surface area contributed by atoms with Gasteiger partial charge in [-0.05, 0) is 52.3 Å². The maximum atomic E-state index is 13.9. The van der Waals surface area contributed by atoms with Crippen LogP contribution in [-0.4, -0.2) is 25.8 Å². The van der Waals surface area contributed by atoms with Gasteiger partial charge in [0.1, 0.15) is 0 Å². The molecule has 3 rings (SSSR count). The Hall–Kier alpha value is -1.65. The van der Waals surface area contributed by atoms with Gasteiger partial charge in [-0.1, -0.05) is 84.0 Å². The monoisotopic (exact) mass is 413 g/mol. The Balaban J connectivity index is 2.06. The minimum absolute atomic E-state index is 0.156. The minimum Gasteiger partial charge on any atom is -0.207 e. The van der Waals surface area contributed by atoms with Gasteiger partial charge < -0.3 is 0 Å². The topological polar surface area (TPSA) is 37.4 Å². The molecule has 2 aromatic rings. The van der Waals surface area contributed by atoms with Crippen molar-refractivity contribution >= 4 is 10.0 Å². The van der Waals surface area contributed by atoms with E-state index < -0.39 is 10.0 Å². The minimum atomic E-state index is -3.54. The van der Waals surface area contributed by atoms with Crippen LogP contribution in [-0.2, 0) is 10.0 Å². The molecule has 1 heterocycles. The average Bonchev–Trinajstić information content (AvgIpc) is 3.18. The first kappa shape index (κ1) is 22.0. The zero-order valence-electron chi connectivity index (χ0n) is 18.6. The molecule has 4 heteroatoms. The van der Waals surface area contributed by atoms with E-state index in [0.29, 0.717) is 23.9 Å². The molecule has 0 saturated carbocycles. The van der Waals surface area contributed by atoms with Gasteiger partial charge in [0.2, 0.25) is 10.0 Å². The molecule has 0 radical (unpaired) electrons. The summed E-state index contributed by atoms with van der Waals surface area (Å²) in [6.45, 7) is 13.9. The molecule has 3 nitrogen and oxygen atoms in total. The van der Waals surface area contributed by atoms with Crippen molar-refractivity contribution in [2.75, 3.05) is 13.1 Å². The van der Waals surface area contributed by atoms with E-state index in [1.54, 1.807) is 4.31 Å². The summed E-state index contributed by atoms with van der Waals surface area (Å²) in [7, 11) is -3.54. The Labute approximate surface area is 177 Å². The third-order valence-corrected chi connectivity index (χ3v) is 8.10. The van der Waals surface area contributed by atoms with Crippen LogP contribution in [0.2, 0.25) is 0 Å². The number of hydrogen-bond acceptors (Lipinski definition) is 2. The molecular weight excluding hydrogens is 378 g/mol.